The molecule has 2 aromatic carbocycles. The molecule has 6 rings (SSSR count). The van der Waals surface area contributed by atoms with Crippen molar-refractivity contribution in [3.05, 3.63) is 76.6 Å². The molecule has 244 valence electrons. The SMILES string of the molecule is C[C@H]1CCCN(Cc2cc3c(c(C(F)(F)F)c2)CN(c2cc(-c4ccc(C#N)cc4-c4nncn4C)cc(N[C@H](C)CO)n2)C3=O)C1. The second-order valence-electron chi connectivity index (χ2n) is 12.5. The van der Waals surface area contributed by atoms with Crippen molar-refractivity contribution < 1.29 is 23.1 Å². The average Bonchev–Trinajstić information content (AvgIpc) is 3.62. The number of fused-ring (bicyclic) bond motifs is 1. The number of hydrogen-bond acceptors (Lipinski definition) is 8. The number of carbonyl (C=O) groups is 1. The van der Waals surface area contributed by atoms with Gasteiger partial charge in [0.2, 0.25) is 0 Å². The monoisotopic (exact) mass is 644 g/mol. The first-order valence-electron chi connectivity index (χ1n) is 15.5. The maximum atomic E-state index is 14.5. The standard InChI is InChI=1S/C34H35F3N8O2/c1-20-5-4-8-44(15-20)16-23-10-27-28(29(11-23)34(35,36)37)17-45(33(27)47)31-13-24(12-30(41-31)40-21(2)18-46)25-7-6-22(14-38)9-26(25)32-42-39-19-43(32)3/h6-7,9-13,19-21,46H,4-5,8,15-18H2,1-3H3,(H,40,41)/t20-,21+/m0/s1. The zero-order chi connectivity index (χ0) is 33.5. The molecule has 0 unspecified atom stereocenters. The largest absolute Gasteiger partial charge is 0.416 e. The summed E-state index contributed by atoms with van der Waals surface area (Å²) in [6.07, 6.45) is -1.05. The third-order valence-corrected chi connectivity index (χ3v) is 8.72. The molecule has 4 aromatic rings. The average molecular weight is 645 g/mol. The number of rotatable bonds is 8. The molecule has 4 heterocycles. The number of aryl methyl sites for hydroxylation is 1. The Labute approximate surface area is 270 Å². The normalized spacial score (nSPS) is 17.4. The molecule has 0 bridgehead atoms. The molecular weight excluding hydrogens is 609 g/mol. The lowest BCUT2D eigenvalue weighted by molar-refractivity contribution is -0.138. The van der Waals surface area contributed by atoms with Gasteiger partial charge in [-0.1, -0.05) is 13.0 Å². The van der Waals surface area contributed by atoms with E-state index in [1.807, 2.05) is 0 Å². The first-order chi connectivity index (χ1) is 22.4. The predicted molar refractivity (Wildman–Crippen MR) is 170 cm³/mol. The molecule has 1 fully saturated rings. The second kappa shape index (κ2) is 12.8. The van der Waals surface area contributed by atoms with Crippen molar-refractivity contribution in [1.29, 1.82) is 5.26 Å². The van der Waals surface area contributed by atoms with Gasteiger partial charge in [0.1, 0.15) is 18.0 Å². The molecule has 0 spiro atoms. The van der Waals surface area contributed by atoms with Crippen molar-refractivity contribution in [2.45, 2.75) is 52.0 Å². The molecule has 1 amide bonds. The molecule has 1 saturated heterocycles. The summed E-state index contributed by atoms with van der Waals surface area (Å²) in [5.41, 5.74) is 1.78. The number of aliphatic hydroxyl groups excluding tert-OH is 1. The Hall–Kier alpha value is -4.80. The summed E-state index contributed by atoms with van der Waals surface area (Å²) in [4.78, 5) is 22.0. The number of halogens is 3. The summed E-state index contributed by atoms with van der Waals surface area (Å²) in [6, 6.07) is 12.9. The van der Waals surface area contributed by atoms with Gasteiger partial charge in [-0.3, -0.25) is 14.6 Å². The van der Waals surface area contributed by atoms with Gasteiger partial charge in [0.25, 0.3) is 5.91 Å². The molecule has 10 nitrogen and oxygen atoms in total. The molecule has 2 N–H and O–H groups in total. The Morgan fingerprint density at radius 2 is 1.96 bits per heavy atom. The highest BCUT2D eigenvalue weighted by atomic mass is 19.4. The van der Waals surface area contributed by atoms with Crippen LogP contribution >= 0.6 is 0 Å². The Balaban J connectivity index is 1.44. The van der Waals surface area contributed by atoms with Crippen LogP contribution in [0.4, 0.5) is 24.8 Å². The highest BCUT2D eigenvalue weighted by molar-refractivity contribution is 6.10. The van der Waals surface area contributed by atoms with Gasteiger partial charge in [-0.05, 0) is 90.9 Å². The van der Waals surface area contributed by atoms with Gasteiger partial charge in [0, 0.05) is 37.3 Å². The maximum Gasteiger partial charge on any atom is 0.416 e. The lowest BCUT2D eigenvalue weighted by atomic mass is 9.96. The van der Waals surface area contributed by atoms with Crippen molar-refractivity contribution >= 4 is 17.5 Å². The van der Waals surface area contributed by atoms with Crippen molar-refractivity contribution in [2.75, 3.05) is 29.9 Å². The van der Waals surface area contributed by atoms with Gasteiger partial charge >= 0.3 is 6.18 Å². The highest BCUT2D eigenvalue weighted by Crippen LogP contribution is 2.41. The molecule has 0 radical (unpaired) electrons. The van der Waals surface area contributed by atoms with Crippen molar-refractivity contribution in [2.24, 2.45) is 13.0 Å². The number of likely N-dealkylation sites (tertiary alicyclic amines) is 1. The van der Waals surface area contributed by atoms with Gasteiger partial charge in [0.05, 0.1) is 30.3 Å². The molecular formula is C34H35F3N8O2. The zero-order valence-electron chi connectivity index (χ0n) is 26.3. The van der Waals surface area contributed by atoms with Crippen molar-refractivity contribution in [3.8, 4) is 28.6 Å². The number of piperidine rings is 1. The predicted octanol–water partition coefficient (Wildman–Crippen LogP) is 5.62. The van der Waals surface area contributed by atoms with Crippen molar-refractivity contribution in [1.82, 2.24) is 24.6 Å². The van der Waals surface area contributed by atoms with Crippen LogP contribution in [0, 0.1) is 17.2 Å². The molecule has 2 aliphatic heterocycles. The molecule has 0 saturated carbocycles. The fourth-order valence-electron chi connectivity index (χ4n) is 6.45. The van der Waals surface area contributed by atoms with Crippen LogP contribution in [0.5, 0.6) is 0 Å². The van der Waals surface area contributed by atoms with E-state index in [9.17, 15) is 28.3 Å². The van der Waals surface area contributed by atoms with E-state index in [2.05, 4.69) is 38.4 Å². The van der Waals surface area contributed by atoms with Crippen LogP contribution in [0.25, 0.3) is 22.5 Å². The Bertz CT molecular complexity index is 1870. The van der Waals surface area contributed by atoms with Gasteiger partial charge < -0.3 is 15.0 Å². The van der Waals surface area contributed by atoms with Gasteiger partial charge in [-0.2, -0.15) is 18.4 Å². The van der Waals surface area contributed by atoms with Crippen LogP contribution in [0.15, 0.2) is 48.8 Å². The smallest absolute Gasteiger partial charge is 0.394 e. The minimum absolute atomic E-state index is 0.0171. The van der Waals surface area contributed by atoms with Crippen molar-refractivity contribution in [3.63, 3.8) is 0 Å². The summed E-state index contributed by atoms with van der Waals surface area (Å²) in [5.74, 6) is 0.830. The number of amides is 1. The molecule has 2 atom stereocenters. The van der Waals surface area contributed by atoms with Gasteiger partial charge in [-0.15, -0.1) is 10.2 Å². The number of nitriles is 1. The summed E-state index contributed by atoms with van der Waals surface area (Å²) in [7, 11) is 1.77. The van der Waals surface area contributed by atoms with E-state index in [1.54, 1.807) is 54.9 Å². The number of pyridine rings is 1. The Morgan fingerprint density at radius 3 is 2.64 bits per heavy atom. The molecule has 2 aliphatic rings. The number of alkyl halides is 3. The minimum atomic E-state index is -4.66. The van der Waals surface area contributed by atoms with E-state index in [0.717, 1.165) is 25.9 Å². The quantitative estimate of drug-likeness (QED) is 0.254. The summed E-state index contributed by atoms with van der Waals surface area (Å²) in [5, 5.41) is 30.6. The van der Waals surface area contributed by atoms with Crippen LogP contribution < -0.4 is 10.2 Å². The van der Waals surface area contributed by atoms with Crippen LogP contribution in [0.1, 0.15) is 59.3 Å². The molecule has 47 heavy (non-hydrogen) atoms. The second-order valence-corrected chi connectivity index (χ2v) is 12.5. The van der Waals surface area contributed by atoms with E-state index >= 15 is 0 Å². The molecule has 13 heteroatoms. The third-order valence-electron chi connectivity index (χ3n) is 8.72. The van der Waals surface area contributed by atoms with E-state index in [-0.39, 0.29) is 30.1 Å². The van der Waals surface area contributed by atoms with E-state index in [4.69, 9.17) is 0 Å². The van der Waals surface area contributed by atoms with E-state index < -0.39 is 23.7 Å². The minimum Gasteiger partial charge on any atom is -0.394 e. The van der Waals surface area contributed by atoms with E-state index in [0.29, 0.717) is 51.9 Å². The number of aliphatic hydroxyl groups is 1. The van der Waals surface area contributed by atoms with Crippen LogP contribution in [-0.4, -0.2) is 61.4 Å². The summed E-state index contributed by atoms with van der Waals surface area (Å²) in [6.45, 7) is 5.30. The number of hydrogen-bond donors (Lipinski definition) is 2. The van der Waals surface area contributed by atoms with Crippen LogP contribution in [-0.2, 0) is 26.3 Å². The van der Waals surface area contributed by atoms with Crippen LogP contribution in [0.2, 0.25) is 0 Å². The highest BCUT2D eigenvalue weighted by Gasteiger charge is 2.41. The first-order valence-corrected chi connectivity index (χ1v) is 15.5. The zero-order valence-corrected chi connectivity index (χ0v) is 26.3. The number of nitrogens with one attached hydrogen (secondary N) is 1. The van der Waals surface area contributed by atoms with Gasteiger partial charge in [-0.25, -0.2) is 4.98 Å². The number of benzene rings is 2. The fourth-order valence-corrected chi connectivity index (χ4v) is 6.45. The lowest BCUT2D eigenvalue weighted by Crippen LogP contribution is -2.33. The maximum absolute atomic E-state index is 14.5. The number of carbonyl (C=O) groups excluding carboxylic acids is 1. The van der Waals surface area contributed by atoms with Gasteiger partial charge in [0.15, 0.2) is 5.82 Å². The number of nitrogens with zero attached hydrogens (tertiary/aromatic N) is 7. The number of aromatic nitrogens is 4. The van der Waals surface area contributed by atoms with E-state index in [1.165, 1.54) is 17.3 Å². The summed E-state index contributed by atoms with van der Waals surface area (Å²) < 4.78 is 45.2. The molecule has 2 aromatic heterocycles. The first kappa shape index (κ1) is 32.2. The topological polar surface area (TPSA) is 123 Å². The van der Waals surface area contributed by atoms with Crippen LogP contribution in [0.3, 0.4) is 0 Å². The third kappa shape index (κ3) is 6.57. The number of anilines is 2. The lowest BCUT2D eigenvalue weighted by Gasteiger charge is -2.31. The molecule has 0 aliphatic carbocycles. The Morgan fingerprint density at radius 1 is 1.15 bits per heavy atom. The fraction of sp³-hybridized carbons (Fsp3) is 0.382. The Kier molecular flexibility index (Phi) is 8.74. The summed E-state index contributed by atoms with van der Waals surface area (Å²) >= 11 is 0.